The fourth-order valence-electron chi connectivity index (χ4n) is 3.11. The van der Waals surface area contributed by atoms with Gasteiger partial charge in [-0.15, -0.1) is 11.3 Å². The highest BCUT2D eigenvalue weighted by Gasteiger charge is 2.40. The Balaban J connectivity index is 1.77. The number of carbonyl (C=O) groups is 2. The molecule has 0 bridgehead atoms. The Kier molecular flexibility index (Phi) is 5.13. The predicted molar refractivity (Wildman–Crippen MR) is 117 cm³/mol. The number of amides is 2. The molecule has 0 unspecified atom stereocenters. The van der Waals surface area contributed by atoms with Crippen LogP contribution >= 0.6 is 22.9 Å². The molecule has 0 fully saturated rings. The molecular formula is C22H17ClN2O3S. The van der Waals surface area contributed by atoms with Crippen LogP contribution < -0.4 is 15.0 Å². The van der Waals surface area contributed by atoms with E-state index in [1.54, 1.807) is 18.2 Å². The van der Waals surface area contributed by atoms with E-state index >= 15 is 0 Å². The molecule has 1 aliphatic heterocycles. The Bertz CT molecular complexity index is 1120. The summed E-state index contributed by atoms with van der Waals surface area (Å²) in [7, 11) is 1.51. The third-order valence-electron chi connectivity index (χ3n) is 4.57. The normalized spacial score (nSPS) is 14.0. The molecular weight excluding hydrogens is 408 g/mol. The number of thiophene rings is 1. The van der Waals surface area contributed by atoms with Gasteiger partial charge in [-0.25, -0.2) is 4.90 Å². The van der Waals surface area contributed by atoms with Crippen LogP contribution in [-0.2, 0) is 9.59 Å². The monoisotopic (exact) mass is 424 g/mol. The summed E-state index contributed by atoms with van der Waals surface area (Å²) in [6.45, 7) is 1.99. The molecule has 0 atom stereocenters. The minimum absolute atomic E-state index is 0.244. The molecule has 2 heterocycles. The van der Waals surface area contributed by atoms with E-state index in [-0.39, 0.29) is 5.70 Å². The highest BCUT2D eigenvalue weighted by atomic mass is 35.5. The van der Waals surface area contributed by atoms with Gasteiger partial charge >= 0.3 is 0 Å². The van der Waals surface area contributed by atoms with Crippen LogP contribution in [0.5, 0.6) is 5.75 Å². The second-order valence-corrected chi connectivity index (χ2v) is 7.84. The average Bonchev–Trinajstić information content (AvgIpc) is 3.30. The van der Waals surface area contributed by atoms with Gasteiger partial charge in [-0.3, -0.25) is 9.59 Å². The van der Waals surface area contributed by atoms with Crippen molar-refractivity contribution in [3.8, 4) is 5.75 Å². The molecule has 7 heteroatoms. The van der Waals surface area contributed by atoms with Gasteiger partial charge in [0.2, 0.25) is 0 Å². The van der Waals surface area contributed by atoms with Crippen molar-refractivity contribution in [3.63, 3.8) is 0 Å². The lowest BCUT2D eigenvalue weighted by Gasteiger charge is -2.16. The molecule has 2 amide bonds. The van der Waals surface area contributed by atoms with E-state index in [1.807, 2.05) is 48.7 Å². The number of rotatable bonds is 5. The van der Waals surface area contributed by atoms with Gasteiger partial charge in [-0.2, -0.15) is 0 Å². The van der Waals surface area contributed by atoms with E-state index < -0.39 is 11.8 Å². The van der Waals surface area contributed by atoms with E-state index in [2.05, 4.69) is 5.32 Å². The van der Waals surface area contributed by atoms with E-state index in [0.29, 0.717) is 22.0 Å². The van der Waals surface area contributed by atoms with Gasteiger partial charge in [0, 0.05) is 10.6 Å². The van der Waals surface area contributed by atoms with Crippen LogP contribution in [0.25, 0.3) is 5.57 Å². The summed E-state index contributed by atoms with van der Waals surface area (Å²) in [4.78, 5) is 28.4. The number of imide groups is 1. The molecule has 5 nitrogen and oxygen atoms in total. The van der Waals surface area contributed by atoms with Crippen LogP contribution in [-0.4, -0.2) is 18.9 Å². The number of methoxy groups -OCH3 is 1. The SMILES string of the molecule is COc1ccc(N2C(=O)C(Nc3ccc(C)cc3)=C(c3cccs3)C2=O)cc1Cl. The maximum atomic E-state index is 13.3. The maximum Gasteiger partial charge on any atom is 0.282 e. The molecule has 0 radical (unpaired) electrons. The number of aryl methyl sites for hydroxylation is 1. The summed E-state index contributed by atoms with van der Waals surface area (Å²) in [6.07, 6.45) is 0. The van der Waals surface area contributed by atoms with Gasteiger partial charge < -0.3 is 10.1 Å². The third kappa shape index (κ3) is 3.52. The van der Waals surface area contributed by atoms with Gasteiger partial charge in [0.25, 0.3) is 11.8 Å². The van der Waals surface area contributed by atoms with Crippen molar-refractivity contribution in [2.75, 3.05) is 17.3 Å². The quantitative estimate of drug-likeness (QED) is 0.578. The number of hydrogen-bond acceptors (Lipinski definition) is 5. The zero-order valence-electron chi connectivity index (χ0n) is 15.7. The Morgan fingerprint density at radius 3 is 2.41 bits per heavy atom. The number of benzene rings is 2. The molecule has 0 aliphatic carbocycles. The van der Waals surface area contributed by atoms with Crippen molar-refractivity contribution in [2.24, 2.45) is 0 Å². The molecule has 0 spiro atoms. The largest absolute Gasteiger partial charge is 0.495 e. The summed E-state index contributed by atoms with van der Waals surface area (Å²) >= 11 is 7.62. The van der Waals surface area contributed by atoms with Crippen molar-refractivity contribution in [1.82, 2.24) is 0 Å². The standard InChI is InChI=1S/C22H17ClN2O3S/c1-13-5-7-14(8-6-13)24-20-19(18-4-3-11-29-18)21(26)25(22(20)27)15-9-10-17(28-2)16(23)12-15/h3-12,24H,1-2H3. The lowest BCUT2D eigenvalue weighted by molar-refractivity contribution is -0.120. The number of halogens is 1. The van der Waals surface area contributed by atoms with Crippen LogP contribution in [0.4, 0.5) is 11.4 Å². The van der Waals surface area contributed by atoms with Crippen LogP contribution in [0.3, 0.4) is 0 Å². The van der Waals surface area contributed by atoms with E-state index in [1.165, 1.54) is 18.4 Å². The first-order valence-electron chi connectivity index (χ1n) is 8.83. The van der Waals surface area contributed by atoms with Gasteiger partial charge in [0.1, 0.15) is 11.4 Å². The molecule has 4 rings (SSSR count). The summed E-state index contributed by atoms with van der Waals surface area (Å²) in [5.74, 6) is -0.354. The molecule has 1 N–H and O–H groups in total. The minimum Gasteiger partial charge on any atom is -0.495 e. The first-order valence-corrected chi connectivity index (χ1v) is 10.1. The second-order valence-electron chi connectivity index (χ2n) is 6.48. The van der Waals surface area contributed by atoms with Gasteiger partial charge in [0.05, 0.1) is 23.4 Å². The Morgan fingerprint density at radius 1 is 1.03 bits per heavy atom. The number of ether oxygens (including phenoxy) is 1. The van der Waals surface area contributed by atoms with Crippen molar-refractivity contribution in [2.45, 2.75) is 6.92 Å². The molecule has 146 valence electrons. The van der Waals surface area contributed by atoms with Gasteiger partial charge in [0.15, 0.2) is 0 Å². The molecule has 29 heavy (non-hydrogen) atoms. The average molecular weight is 425 g/mol. The molecule has 0 saturated heterocycles. The van der Waals surface area contributed by atoms with Crippen LogP contribution in [0, 0.1) is 6.92 Å². The zero-order chi connectivity index (χ0) is 20.5. The third-order valence-corrected chi connectivity index (χ3v) is 5.75. The van der Waals surface area contributed by atoms with Crippen LogP contribution in [0.2, 0.25) is 5.02 Å². The number of anilines is 2. The van der Waals surface area contributed by atoms with E-state index in [9.17, 15) is 9.59 Å². The maximum absolute atomic E-state index is 13.3. The Labute approximate surface area is 177 Å². The van der Waals surface area contributed by atoms with Crippen molar-refractivity contribution in [1.29, 1.82) is 0 Å². The fourth-order valence-corrected chi connectivity index (χ4v) is 4.13. The number of nitrogens with zero attached hydrogens (tertiary/aromatic N) is 1. The summed E-state index contributed by atoms with van der Waals surface area (Å²) < 4.78 is 5.16. The van der Waals surface area contributed by atoms with Gasteiger partial charge in [-0.1, -0.05) is 35.4 Å². The lowest BCUT2D eigenvalue weighted by atomic mass is 10.1. The first-order chi connectivity index (χ1) is 14.0. The summed E-state index contributed by atoms with van der Waals surface area (Å²) in [5, 5.41) is 5.33. The number of carbonyl (C=O) groups excluding carboxylic acids is 2. The van der Waals surface area contributed by atoms with Crippen molar-refractivity contribution in [3.05, 3.63) is 81.1 Å². The summed E-state index contributed by atoms with van der Waals surface area (Å²) in [6, 6.07) is 16.1. The topological polar surface area (TPSA) is 58.6 Å². The van der Waals surface area contributed by atoms with Crippen LogP contribution in [0.1, 0.15) is 10.4 Å². The Hall–Kier alpha value is -3.09. The molecule has 3 aromatic rings. The highest BCUT2D eigenvalue weighted by Crippen LogP contribution is 2.37. The fraction of sp³-hybridized carbons (Fsp3) is 0.0909. The van der Waals surface area contributed by atoms with Crippen LogP contribution in [0.15, 0.2) is 65.7 Å². The zero-order valence-corrected chi connectivity index (χ0v) is 17.3. The number of hydrogen-bond donors (Lipinski definition) is 1. The van der Waals surface area contributed by atoms with E-state index in [4.69, 9.17) is 16.3 Å². The molecule has 0 saturated carbocycles. The molecule has 1 aromatic heterocycles. The second kappa shape index (κ2) is 7.73. The van der Waals surface area contributed by atoms with E-state index in [0.717, 1.165) is 21.0 Å². The highest BCUT2D eigenvalue weighted by molar-refractivity contribution is 7.11. The smallest absolute Gasteiger partial charge is 0.282 e. The lowest BCUT2D eigenvalue weighted by Crippen LogP contribution is -2.32. The molecule has 2 aromatic carbocycles. The van der Waals surface area contributed by atoms with Crippen molar-refractivity contribution >= 4 is 51.7 Å². The Morgan fingerprint density at radius 2 is 1.79 bits per heavy atom. The minimum atomic E-state index is -0.430. The predicted octanol–water partition coefficient (Wildman–Crippen LogP) is 5.12. The van der Waals surface area contributed by atoms with Gasteiger partial charge in [-0.05, 0) is 48.7 Å². The first kappa shape index (κ1) is 19.2. The van der Waals surface area contributed by atoms with Crippen molar-refractivity contribution < 1.29 is 14.3 Å². The molecule has 1 aliphatic rings. The number of nitrogens with one attached hydrogen (secondary N) is 1. The summed E-state index contributed by atoms with van der Waals surface area (Å²) in [5.41, 5.74) is 2.81.